The first-order valence-electron chi connectivity index (χ1n) is 7.95. The van der Waals surface area contributed by atoms with Crippen molar-refractivity contribution in [3.05, 3.63) is 53.7 Å². The summed E-state index contributed by atoms with van der Waals surface area (Å²) in [5.41, 5.74) is 7.74. The Kier molecular flexibility index (Phi) is 8.61. The van der Waals surface area contributed by atoms with Gasteiger partial charge in [0.2, 0.25) is 0 Å². The van der Waals surface area contributed by atoms with Crippen molar-refractivity contribution in [1.82, 2.24) is 15.2 Å². The first-order valence-corrected chi connectivity index (χ1v) is 7.95. The molecule has 0 radical (unpaired) electrons. The zero-order chi connectivity index (χ0) is 17.9. The lowest BCUT2D eigenvalue weighted by Gasteiger charge is -2.35. The van der Waals surface area contributed by atoms with E-state index in [-0.39, 0.29) is 36.6 Å². The second-order valence-corrected chi connectivity index (χ2v) is 5.78. The number of anilines is 1. The van der Waals surface area contributed by atoms with E-state index in [0.717, 1.165) is 37.3 Å². The molecule has 5 nitrogen and oxygen atoms in total. The van der Waals surface area contributed by atoms with Crippen molar-refractivity contribution in [2.45, 2.75) is 12.4 Å². The number of piperazine rings is 1. The molecule has 0 spiro atoms. The first-order chi connectivity index (χ1) is 11.9. The monoisotopic (exact) mass is 424 g/mol. The zero-order valence-corrected chi connectivity index (χ0v) is 15.9. The van der Waals surface area contributed by atoms with Crippen LogP contribution in [0.5, 0.6) is 5.75 Å². The third kappa shape index (κ3) is 6.14. The molecule has 1 atom stereocenters. The van der Waals surface area contributed by atoms with Crippen molar-refractivity contribution >= 4 is 30.6 Å². The van der Waals surface area contributed by atoms with Gasteiger partial charge < -0.3 is 15.8 Å². The summed E-state index contributed by atoms with van der Waals surface area (Å²) in [7, 11) is 0. The molecule has 2 aromatic rings. The van der Waals surface area contributed by atoms with E-state index in [0.29, 0.717) is 5.82 Å². The lowest BCUT2D eigenvalue weighted by Crippen LogP contribution is -2.45. The van der Waals surface area contributed by atoms with Crippen molar-refractivity contribution in [3.8, 4) is 5.75 Å². The molecular weight excluding hydrogens is 404 g/mol. The summed E-state index contributed by atoms with van der Waals surface area (Å²) in [5, 5.41) is 3.29. The first kappa shape index (κ1) is 23.3. The number of ether oxygens (including phenoxy) is 1. The highest BCUT2D eigenvalue weighted by molar-refractivity contribution is 5.85. The van der Waals surface area contributed by atoms with Crippen LogP contribution in [0.1, 0.15) is 17.2 Å². The molecule has 27 heavy (non-hydrogen) atoms. The summed E-state index contributed by atoms with van der Waals surface area (Å²) in [4.78, 5) is 6.39. The van der Waals surface area contributed by atoms with Crippen LogP contribution in [0.15, 0.2) is 42.6 Å². The summed E-state index contributed by atoms with van der Waals surface area (Å²) >= 11 is 0. The number of nitrogens with two attached hydrogens (primary N) is 1. The van der Waals surface area contributed by atoms with Gasteiger partial charge >= 0.3 is 6.36 Å². The highest BCUT2D eigenvalue weighted by atomic mass is 35.5. The predicted octanol–water partition coefficient (Wildman–Crippen LogP) is 3.40. The molecular formula is C17H21Cl2F3N4O. The lowest BCUT2D eigenvalue weighted by molar-refractivity contribution is -0.274. The van der Waals surface area contributed by atoms with Crippen LogP contribution in [0, 0.1) is 0 Å². The van der Waals surface area contributed by atoms with Crippen LogP contribution in [0.4, 0.5) is 19.0 Å². The van der Waals surface area contributed by atoms with E-state index < -0.39 is 6.36 Å². The molecule has 1 aliphatic rings. The zero-order valence-electron chi connectivity index (χ0n) is 14.3. The largest absolute Gasteiger partial charge is 0.573 e. The summed E-state index contributed by atoms with van der Waals surface area (Å²) < 4.78 is 41.0. The Hall–Kier alpha value is -1.74. The highest BCUT2D eigenvalue weighted by Gasteiger charge is 2.31. The van der Waals surface area contributed by atoms with E-state index in [4.69, 9.17) is 5.73 Å². The van der Waals surface area contributed by atoms with E-state index in [1.807, 2.05) is 12.1 Å². The normalized spacial score (nSPS) is 16.0. The molecule has 1 aromatic carbocycles. The number of benzene rings is 1. The molecule has 150 valence electrons. The van der Waals surface area contributed by atoms with Crippen molar-refractivity contribution in [3.63, 3.8) is 0 Å². The maximum Gasteiger partial charge on any atom is 0.573 e. The molecule has 10 heteroatoms. The number of pyridine rings is 1. The van der Waals surface area contributed by atoms with E-state index in [2.05, 4.69) is 19.9 Å². The SMILES string of the molecule is Cl.Cl.Nc1ncccc1[C@H](c1ccc(OC(F)(F)F)cc1)N1CCNCC1. The number of hydrogen-bond donors (Lipinski definition) is 2. The van der Waals surface area contributed by atoms with Gasteiger partial charge in [-0.25, -0.2) is 4.98 Å². The summed E-state index contributed by atoms with van der Waals surface area (Å²) in [6.45, 7) is 3.29. The minimum atomic E-state index is -4.70. The van der Waals surface area contributed by atoms with Crippen LogP contribution in [-0.2, 0) is 0 Å². The van der Waals surface area contributed by atoms with Crippen molar-refractivity contribution in [2.75, 3.05) is 31.9 Å². The molecule has 0 amide bonds. The molecule has 0 aliphatic carbocycles. The number of nitrogen functional groups attached to an aromatic ring is 1. The van der Waals surface area contributed by atoms with Crippen LogP contribution < -0.4 is 15.8 Å². The van der Waals surface area contributed by atoms with Gasteiger partial charge in [-0.1, -0.05) is 18.2 Å². The van der Waals surface area contributed by atoms with Gasteiger partial charge in [0.1, 0.15) is 11.6 Å². The molecule has 2 heterocycles. The summed E-state index contributed by atoms with van der Waals surface area (Å²) in [6.07, 6.45) is -3.08. The molecule has 3 N–H and O–H groups in total. The third-order valence-corrected chi connectivity index (χ3v) is 4.11. The van der Waals surface area contributed by atoms with Crippen LogP contribution >= 0.6 is 24.8 Å². The van der Waals surface area contributed by atoms with Gasteiger partial charge in [-0.05, 0) is 23.8 Å². The van der Waals surface area contributed by atoms with Gasteiger partial charge in [-0.2, -0.15) is 0 Å². The van der Waals surface area contributed by atoms with Gasteiger partial charge in [0.05, 0.1) is 6.04 Å². The smallest absolute Gasteiger partial charge is 0.406 e. The average Bonchev–Trinajstić information content (AvgIpc) is 2.58. The third-order valence-electron chi connectivity index (χ3n) is 4.11. The number of halogens is 5. The van der Waals surface area contributed by atoms with Crippen molar-refractivity contribution in [2.24, 2.45) is 0 Å². The predicted molar refractivity (Wildman–Crippen MR) is 103 cm³/mol. The molecule has 1 aliphatic heterocycles. The highest BCUT2D eigenvalue weighted by Crippen LogP contribution is 2.33. The standard InChI is InChI=1S/C17H19F3N4O.2ClH/c18-17(19,20)25-13-5-3-12(4-6-13)15(24-10-8-22-9-11-24)14-2-1-7-23-16(14)21;;/h1-7,15,22H,8-11H2,(H2,21,23);2*1H/t15-;;/m0../s1. The van der Waals surface area contributed by atoms with Gasteiger partial charge in [0, 0.05) is 37.9 Å². The van der Waals surface area contributed by atoms with Crippen LogP contribution in [0.3, 0.4) is 0 Å². The van der Waals surface area contributed by atoms with Crippen LogP contribution in [0.25, 0.3) is 0 Å². The van der Waals surface area contributed by atoms with Gasteiger partial charge in [-0.15, -0.1) is 38.0 Å². The van der Waals surface area contributed by atoms with E-state index in [1.54, 1.807) is 18.3 Å². The Morgan fingerprint density at radius 3 is 2.26 bits per heavy atom. The van der Waals surface area contributed by atoms with Crippen molar-refractivity contribution in [1.29, 1.82) is 0 Å². The molecule has 0 unspecified atom stereocenters. The average molecular weight is 425 g/mol. The van der Waals surface area contributed by atoms with Gasteiger partial charge in [0.15, 0.2) is 0 Å². The Labute approximate surface area is 167 Å². The molecule has 1 aromatic heterocycles. The number of aromatic nitrogens is 1. The second-order valence-electron chi connectivity index (χ2n) is 5.78. The fourth-order valence-electron chi connectivity index (χ4n) is 3.04. The van der Waals surface area contributed by atoms with Crippen LogP contribution in [0.2, 0.25) is 0 Å². The fourth-order valence-corrected chi connectivity index (χ4v) is 3.04. The number of hydrogen-bond acceptors (Lipinski definition) is 5. The van der Waals surface area contributed by atoms with Crippen molar-refractivity contribution < 1.29 is 17.9 Å². The number of nitrogens with one attached hydrogen (secondary N) is 1. The minimum absolute atomic E-state index is 0. The molecule has 1 saturated heterocycles. The Bertz CT molecular complexity index is 710. The van der Waals surface area contributed by atoms with Gasteiger partial charge in [-0.3, -0.25) is 4.90 Å². The topological polar surface area (TPSA) is 63.4 Å². The van der Waals surface area contributed by atoms with Gasteiger partial charge in [0.25, 0.3) is 0 Å². The van der Waals surface area contributed by atoms with E-state index in [9.17, 15) is 13.2 Å². The van der Waals surface area contributed by atoms with Crippen LogP contribution in [-0.4, -0.2) is 42.4 Å². The maximum absolute atomic E-state index is 12.3. The number of alkyl halides is 3. The molecule has 0 saturated carbocycles. The molecule has 3 rings (SSSR count). The Morgan fingerprint density at radius 1 is 1.07 bits per heavy atom. The maximum atomic E-state index is 12.3. The Balaban J connectivity index is 0.00000182. The number of nitrogens with zero attached hydrogens (tertiary/aromatic N) is 2. The quantitative estimate of drug-likeness (QED) is 0.787. The fraction of sp³-hybridized carbons (Fsp3) is 0.353. The molecule has 1 fully saturated rings. The second kappa shape index (κ2) is 9.98. The van der Waals surface area contributed by atoms with E-state index >= 15 is 0 Å². The lowest BCUT2D eigenvalue weighted by atomic mass is 9.96. The summed E-state index contributed by atoms with van der Waals surface area (Å²) in [5.74, 6) is 0.177. The number of rotatable bonds is 4. The molecule has 0 bridgehead atoms. The Morgan fingerprint density at radius 2 is 1.70 bits per heavy atom. The van der Waals surface area contributed by atoms with E-state index in [1.165, 1.54) is 12.1 Å². The summed E-state index contributed by atoms with van der Waals surface area (Å²) in [6, 6.07) is 9.46. The minimum Gasteiger partial charge on any atom is -0.406 e.